The van der Waals surface area contributed by atoms with Gasteiger partial charge in [0.25, 0.3) is 0 Å². The van der Waals surface area contributed by atoms with Crippen LogP contribution in [-0.2, 0) is 0 Å². The summed E-state index contributed by atoms with van der Waals surface area (Å²) in [5, 5.41) is 12.5. The van der Waals surface area contributed by atoms with Crippen LogP contribution in [0.3, 0.4) is 0 Å². The second-order valence-electron chi connectivity index (χ2n) is 7.05. The van der Waals surface area contributed by atoms with Crippen molar-refractivity contribution in [2.24, 2.45) is 11.3 Å². The van der Waals surface area contributed by atoms with Crippen LogP contribution in [0.4, 0.5) is 0 Å². The third kappa shape index (κ3) is 4.42. The normalized spacial score (nSPS) is 33.5. The highest BCUT2D eigenvalue weighted by molar-refractivity contribution is 4.90. The van der Waals surface area contributed by atoms with Crippen molar-refractivity contribution in [3.63, 3.8) is 0 Å². The molecule has 1 heterocycles. The lowest BCUT2D eigenvalue weighted by Crippen LogP contribution is -2.52. The third-order valence-corrected chi connectivity index (χ3v) is 5.33. The van der Waals surface area contributed by atoms with E-state index in [9.17, 15) is 0 Å². The molecule has 0 aromatic carbocycles. The molecule has 20 heavy (non-hydrogen) atoms. The van der Waals surface area contributed by atoms with E-state index in [2.05, 4.69) is 29.1 Å². The van der Waals surface area contributed by atoms with Crippen molar-refractivity contribution in [3.8, 4) is 0 Å². The van der Waals surface area contributed by atoms with Gasteiger partial charge < -0.3 is 15.3 Å². The molecule has 0 amide bonds. The van der Waals surface area contributed by atoms with E-state index in [4.69, 9.17) is 5.11 Å². The Morgan fingerprint density at radius 1 is 1.10 bits per heavy atom. The highest BCUT2D eigenvalue weighted by Crippen LogP contribution is 2.39. The second kappa shape index (κ2) is 7.74. The first-order valence-corrected chi connectivity index (χ1v) is 8.38. The summed E-state index contributed by atoms with van der Waals surface area (Å²) >= 11 is 0. The van der Waals surface area contributed by atoms with Crippen molar-refractivity contribution in [1.82, 2.24) is 15.1 Å². The Kier molecular flexibility index (Phi) is 6.27. The molecule has 0 unspecified atom stereocenters. The topological polar surface area (TPSA) is 38.7 Å². The Balaban J connectivity index is 1.83. The van der Waals surface area contributed by atoms with Crippen LogP contribution < -0.4 is 5.32 Å². The van der Waals surface area contributed by atoms with Crippen LogP contribution in [0, 0.1) is 11.3 Å². The largest absolute Gasteiger partial charge is 0.395 e. The van der Waals surface area contributed by atoms with Crippen LogP contribution in [0.5, 0.6) is 0 Å². The van der Waals surface area contributed by atoms with Crippen molar-refractivity contribution >= 4 is 0 Å². The molecule has 2 aliphatic rings. The Labute approximate surface area is 124 Å². The maximum atomic E-state index is 9.02. The third-order valence-electron chi connectivity index (χ3n) is 5.33. The zero-order valence-electron chi connectivity index (χ0n) is 13.4. The number of hydrogen-bond donors (Lipinski definition) is 2. The molecule has 1 aliphatic heterocycles. The van der Waals surface area contributed by atoms with Crippen molar-refractivity contribution in [3.05, 3.63) is 0 Å². The van der Waals surface area contributed by atoms with Crippen LogP contribution in [0.2, 0.25) is 0 Å². The fourth-order valence-electron chi connectivity index (χ4n) is 3.93. The first-order valence-electron chi connectivity index (χ1n) is 8.38. The van der Waals surface area contributed by atoms with E-state index in [1.54, 1.807) is 0 Å². The van der Waals surface area contributed by atoms with Gasteiger partial charge in [-0.2, -0.15) is 0 Å². The molecule has 118 valence electrons. The molecule has 2 fully saturated rings. The lowest BCUT2D eigenvalue weighted by molar-refractivity contribution is 0.0498. The van der Waals surface area contributed by atoms with Gasteiger partial charge >= 0.3 is 0 Å². The minimum atomic E-state index is 0.293. The van der Waals surface area contributed by atoms with Crippen LogP contribution >= 0.6 is 0 Å². The summed E-state index contributed by atoms with van der Waals surface area (Å²) in [7, 11) is 2.10. The van der Waals surface area contributed by atoms with Gasteiger partial charge in [-0.3, -0.25) is 4.90 Å². The van der Waals surface area contributed by atoms with Gasteiger partial charge in [0.1, 0.15) is 0 Å². The molecule has 0 aromatic heterocycles. The van der Waals surface area contributed by atoms with Crippen molar-refractivity contribution in [1.29, 1.82) is 0 Å². The number of piperazine rings is 1. The first kappa shape index (κ1) is 16.2. The molecule has 0 bridgehead atoms. The van der Waals surface area contributed by atoms with Crippen LogP contribution in [-0.4, -0.2) is 74.4 Å². The number of nitrogens with one attached hydrogen (secondary N) is 1. The second-order valence-corrected chi connectivity index (χ2v) is 7.05. The molecule has 2 rings (SSSR count). The highest BCUT2D eigenvalue weighted by atomic mass is 16.3. The van der Waals surface area contributed by atoms with Gasteiger partial charge in [0.05, 0.1) is 6.61 Å². The molecule has 4 nitrogen and oxygen atoms in total. The van der Waals surface area contributed by atoms with E-state index < -0.39 is 0 Å². The van der Waals surface area contributed by atoms with E-state index in [-0.39, 0.29) is 0 Å². The van der Waals surface area contributed by atoms with E-state index in [1.807, 2.05) is 0 Å². The van der Waals surface area contributed by atoms with E-state index >= 15 is 0 Å². The van der Waals surface area contributed by atoms with E-state index in [0.29, 0.717) is 12.0 Å². The van der Waals surface area contributed by atoms with Crippen molar-refractivity contribution < 1.29 is 5.11 Å². The average Bonchev–Trinajstić information content (AvgIpc) is 2.45. The maximum absolute atomic E-state index is 9.02. The van der Waals surface area contributed by atoms with E-state index in [0.717, 1.165) is 32.1 Å². The fraction of sp³-hybridized carbons (Fsp3) is 1.00. The molecule has 0 spiro atoms. The number of β-amino-alcohol motifs (C(OH)–C–C–N with tert-alkyl or cyclic N) is 1. The molecule has 4 heteroatoms. The molecule has 1 saturated heterocycles. The van der Waals surface area contributed by atoms with Crippen LogP contribution in [0.15, 0.2) is 0 Å². The smallest absolute Gasteiger partial charge is 0.0558 e. The zero-order chi connectivity index (χ0) is 14.4. The highest BCUT2D eigenvalue weighted by Gasteiger charge is 2.35. The minimum absolute atomic E-state index is 0.293. The first-order chi connectivity index (χ1) is 9.67. The van der Waals surface area contributed by atoms with Crippen LogP contribution in [0.25, 0.3) is 0 Å². The monoisotopic (exact) mass is 283 g/mol. The lowest BCUT2D eigenvalue weighted by atomic mass is 9.70. The van der Waals surface area contributed by atoms with Gasteiger partial charge in [0.15, 0.2) is 0 Å². The molecule has 1 saturated carbocycles. The zero-order valence-corrected chi connectivity index (χ0v) is 13.4. The molecule has 0 radical (unpaired) electrons. The summed E-state index contributed by atoms with van der Waals surface area (Å²) < 4.78 is 0. The summed E-state index contributed by atoms with van der Waals surface area (Å²) in [4.78, 5) is 5.03. The summed E-state index contributed by atoms with van der Waals surface area (Å²) in [5.74, 6) is 0.918. The van der Waals surface area contributed by atoms with Gasteiger partial charge in [-0.1, -0.05) is 19.8 Å². The number of rotatable bonds is 6. The molecule has 0 atom stereocenters. The summed E-state index contributed by atoms with van der Waals surface area (Å²) in [5.41, 5.74) is 0.500. The Morgan fingerprint density at radius 2 is 1.70 bits per heavy atom. The predicted octanol–water partition coefficient (Wildman–Crippen LogP) is 1.01. The average molecular weight is 283 g/mol. The van der Waals surface area contributed by atoms with Crippen molar-refractivity contribution in [2.75, 3.05) is 59.5 Å². The number of hydrogen-bond acceptors (Lipinski definition) is 4. The predicted molar refractivity (Wildman–Crippen MR) is 84.0 cm³/mol. The minimum Gasteiger partial charge on any atom is -0.395 e. The molecule has 1 aliphatic carbocycles. The Bertz CT molecular complexity index is 269. The van der Waals surface area contributed by atoms with Crippen LogP contribution in [0.1, 0.15) is 32.6 Å². The Hall–Kier alpha value is -0.160. The van der Waals surface area contributed by atoms with Gasteiger partial charge in [0, 0.05) is 45.8 Å². The van der Waals surface area contributed by atoms with Gasteiger partial charge in [-0.15, -0.1) is 0 Å². The number of aliphatic hydroxyl groups is 1. The maximum Gasteiger partial charge on any atom is 0.0558 e. The molecular formula is C16H33N3O. The number of aliphatic hydroxyl groups excluding tert-OH is 1. The standard InChI is InChI=1S/C16H33N3O/c1-15-3-5-16(6-4-15,13-17-2)14-19-9-7-18(8-10-19)11-12-20/h15,17,20H,3-14H2,1-2H3. The molecular weight excluding hydrogens is 250 g/mol. The van der Waals surface area contributed by atoms with Gasteiger partial charge in [-0.05, 0) is 31.2 Å². The van der Waals surface area contributed by atoms with Crippen molar-refractivity contribution in [2.45, 2.75) is 32.6 Å². The Morgan fingerprint density at radius 3 is 2.25 bits per heavy atom. The lowest BCUT2D eigenvalue weighted by Gasteiger charge is -2.45. The molecule has 0 aromatic rings. The molecule has 2 N–H and O–H groups in total. The summed E-state index contributed by atoms with van der Waals surface area (Å²) in [6.07, 6.45) is 5.55. The van der Waals surface area contributed by atoms with Gasteiger partial charge in [-0.25, -0.2) is 0 Å². The fourth-order valence-corrected chi connectivity index (χ4v) is 3.93. The van der Waals surface area contributed by atoms with Gasteiger partial charge in [0.2, 0.25) is 0 Å². The quantitative estimate of drug-likeness (QED) is 0.763. The number of nitrogens with zero attached hydrogens (tertiary/aromatic N) is 2. The van der Waals surface area contributed by atoms with E-state index in [1.165, 1.54) is 45.3 Å². The SMILES string of the molecule is CNCC1(CN2CCN(CCO)CC2)CCC(C)CC1. The summed E-state index contributed by atoms with van der Waals surface area (Å²) in [6.45, 7) is 10.5. The summed E-state index contributed by atoms with van der Waals surface area (Å²) in [6, 6.07) is 0.